The average molecular weight is 531 g/mol. The Bertz CT molecular complexity index is 1610. The molecule has 0 unspecified atom stereocenters. The number of ketones is 1. The molecule has 0 aliphatic carbocycles. The lowest BCUT2D eigenvalue weighted by Crippen LogP contribution is -2.29. The first-order valence-electron chi connectivity index (χ1n) is 12.0. The molecule has 38 heavy (non-hydrogen) atoms. The summed E-state index contributed by atoms with van der Waals surface area (Å²) in [5.74, 6) is -0.334. The van der Waals surface area contributed by atoms with Crippen molar-refractivity contribution in [3.05, 3.63) is 77.4 Å². The van der Waals surface area contributed by atoms with Crippen molar-refractivity contribution < 1.29 is 34.0 Å². The van der Waals surface area contributed by atoms with Gasteiger partial charge in [0.25, 0.3) is 5.78 Å². The van der Waals surface area contributed by atoms with Gasteiger partial charge in [-0.2, -0.15) is 0 Å². The molecule has 192 valence electrons. The Morgan fingerprint density at radius 2 is 1.82 bits per heavy atom. The van der Waals surface area contributed by atoms with Crippen molar-refractivity contribution in [1.82, 2.24) is 4.98 Å². The highest BCUT2D eigenvalue weighted by Gasteiger charge is 2.48. The fourth-order valence-electron chi connectivity index (χ4n) is 4.60. The van der Waals surface area contributed by atoms with Gasteiger partial charge in [-0.1, -0.05) is 23.5 Å². The molecule has 3 aromatic carbocycles. The van der Waals surface area contributed by atoms with Crippen LogP contribution < -0.4 is 19.1 Å². The summed E-state index contributed by atoms with van der Waals surface area (Å²) in [6.07, 6.45) is 0. The predicted octanol–water partition coefficient (Wildman–Crippen LogP) is 4.80. The Hall–Kier alpha value is -4.57. The van der Waals surface area contributed by atoms with Gasteiger partial charge in [-0.05, 0) is 61.0 Å². The first kappa shape index (κ1) is 23.8. The molecule has 0 saturated carbocycles. The van der Waals surface area contributed by atoms with Gasteiger partial charge in [-0.15, -0.1) is 0 Å². The van der Waals surface area contributed by atoms with Crippen LogP contribution in [0.3, 0.4) is 0 Å². The second-order valence-electron chi connectivity index (χ2n) is 8.68. The number of carbonyl (C=O) groups excluding carboxylic acids is 2. The van der Waals surface area contributed by atoms with Gasteiger partial charge in [0.15, 0.2) is 16.6 Å². The minimum atomic E-state index is -0.976. The molecule has 2 aliphatic heterocycles. The third kappa shape index (κ3) is 3.99. The summed E-state index contributed by atoms with van der Waals surface area (Å²) in [7, 11) is 0. The molecule has 1 saturated heterocycles. The number of aliphatic hydroxyl groups is 1. The Labute approximate surface area is 221 Å². The van der Waals surface area contributed by atoms with Gasteiger partial charge in [0.05, 0.1) is 28.4 Å². The molecule has 3 heterocycles. The van der Waals surface area contributed by atoms with Crippen molar-refractivity contribution in [2.24, 2.45) is 0 Å². The number of hydrogen-bond donors (Lipinski definition) is 2. The van der Waals surface area contributed by atoms with Gasteiger partial charge in [0.1, 0.15) is 30.5 Å². The van der Waals surface area contributed by atoms with Gasteiger partial charge in [0.2, 0.25) is 0 Å². The average Bonchev–Trinajstić information content (AvgIpc) is 3.46. The molecule has 1 fully saturated rings. The second-order valence-corrected chi connectivity index (χ2v) is 9.69. The second kappa shape index (κ2) is 9.38. The minimum Gasteiger partial charge on any atom is -0.508 e. The summed E-state index contributed by atoms with van der Waals surface area (Å²) in [4.78, 5) is 32.8. The number of hydrogen-bond acceptors (Lipinski definition) is 9. The summed E-state index contributed by atoms with van der Waals surface area (Å²) >= 11 is 1.24. The smallest absolute Gasteiger partial charge is 0.301 e. The number of rotatable bonds is 5. The number of nitrogens with zero attached hydrogens (tertiary/aromatic N) is 2. The summed E-state index contributed by atoms with van der Waals surface area (Å²) < 4.78 is 17.6. The van der Waals surface area contributed by atoms with Gasteiger partial charge >= 0.3 is 5.91 Å². The lowest BCUT2D eigenvalue weighted by atomic mass is 9.95. The number of aliphatic hydroxyl groups excluding tert-OH is 1. The van der Waals surface area contributed by atoms with E-state index in [9.17, 15) is 19.8 Å². The van der Waals surface area contributed by atoms with Crippen LogP contribution >= 0.6 is 11.3 Å². The van der Waals surface area contributed by atoms with Crippen molar-refractivity contribution in [1.29, 1.82) is 0 Å². The molecule has 0 radical (unpaired) electrons. The number of thiazole rings is 1. The number of amides is 1. The summed E-state index contributed by atoms with van der Waals surface area (Å²) in [5.41, 5.74) is 1.38. The first-order chi connectivity index (χ1) is 18.4. The van der Waals surface area contributed by atoms with E-state index in [2.05, 4.69) is 4.98 Å². The summed E-state index contributed by atoms with van der Waals surface area (Å²) in [6.45, 7) is 3.17. The molecule has 0 spiro atoms. The molecule has 2 N–H and O–H groups in total. The lowest BCUT2D eigenvalue weighted by Gasteiger charge is -2.23. The molecule has 2 aliphatic rings. The first-order valence-corrected chi connectivity index (χ1v) is 12.8. The zero-order valence-electron chi connectivity index (χ0n) is 20.2. The highest BCUT2D eigenvalue weighted by molar-refractivity contribution is 7.22. The summed E-state index contributed by atoms with van der Waals surface area (Å²) in [6, 6.07) is 15.4. The van der Waals surface area contributed by atoms with E-state index >= 15 is 0 Å². The highest BCUT2D eigenvalue weighted by Crippen LogP contribution is 2.45. The van der Waals surface area contributed by atoms with E-state index in [0.29, 0.717) is 58.8 Å². The Morgan fingerprint density at radius 1 is 1.05 bits per heavy atom. The van der Waals surface area contributed by atoms with Crippen LogP contribution in [-0.2, 0) is 9.59 Å². The van der Waals surface area contributed by atoms with Crippen LogP contribution in [0.15, 0.2) is 66.2 Å². The van der Waals surface area contributed by atoms with Gasteiger partial charge < -0.3 is 24.4 Å². The largest absolute Gasteiger partial charge is 0.508 e. The number of aromatic hydroxyl groups is 1. The third-order valence-electron chi connectivity index (χ3n) is 6.33. The molecule has 1 atom stereocenters. The molecule has 1 amide bonds. The van der Waals surface area contributed by atoms with Crippen LogP contribution in [0.2, 0.25) is 0 Å². The number of benzene rings is 3. The maximum atomic E-state index is 13.5. The zero-order valence-corrected chi connectivity index (χ0v) is 21.0. The fourth-order valence-corrected chi connectivity index (χ4v) is 5.62. The van der Waals surface area contributed by atoms with Crippen LogP contribution in [0.1, 0.15) is 24.1 Å². The van der Waals surface area contributed by atoms with E-state index < -0.39 is 17.7 Å². The van der Waals surface area contributed by atoms with Crippen molar-refractivity contribution in [3.8, 4) is 23.0 Å². The van der Waals surface area contributed by atoms with Crippen LogP contribution in [0.25, 0.3) is 16.0 Å². The molecular weight excluding hydrogens is 508 g/mol. The van der Waals surface area contributed by atoms with E-state index in [1.54, 1.807) is 42.5 Å². The van der Waals surface area contributed by atoms with E-state index in [0.717, 1.165) is 4.70 Å². The zero-order chi connectivity index (χ0) is 26.4. The van der Waals surface area contributed by atoms with Crippen LogP contribution in [0.5, 0.6) is 23.0 Å². The lowest BCUT2D eigenvalue weighted by molar-refractivity contribution is -0.132. The quantitative estimate of drug-likeness (QED) is 0.215. The number of phenolic OH excluding ortho intramolecular Hbond substituents is 1. The molecule has 6 rings (SSSR count). The number of carbonyl (C=O) groups is 2. The minimum absolute atomic E-state index is 0.0287. The van der Waals surface area contributed by atoms with Crippen LogP contribution in [-0.4, -0.2) is 46.7 Å². The highest BCUT2D eigenvalue weighted by atomic mass is 32.1. The molecule has 10 heteroatoms. The molecule has 0 bridgehead atoms. The SMILES string of the molecule is CCOc1ccc2nc(N3C(=O)C(=O)C(=C(O)c4ccc5c(c4)OCCO5)[C@H]3c3ccc(O)cc3)sc2c1. The number of phenols is 1. The Balaban J connectivity index is 1.51. The molecule has 4 aromatic rings. The fraction of sp³-hybridized carbons (Fsp3) is 0.179. The number of anilines is 1. The third-order valence-corrected chi connectivity index (χ3v) is 7.35. The molecule has 9 nitrogen and oxygen atoms in total. The maximum Gasteiger partial charge on any atom is 0.301 e. The van der Waals surface area contributed by atoms with Gasteiger partial charge in [-0.3, -0.25) is 14.5 Å². The van der Waals surface area contributed by atoms with E-state index in [1.165, 1.54) is 28.4 Å². The van der Waals surface area contributed by atoms with E-state index in [1.807, 2.05) is 13.0 Å². The normalized spacial score (nSPS) is 18.2. The summed E-state index contributed by atoms with van der Waals surface area (Å²) in [5, 5.41) is 21.6. The van der Waals surface area contributed by atoms with Gasteiger partial charge in [-0.25, -0.2) is 4.98 Å². The van der Waals surface area contributed by atoms with Crippen LogP contribution in [0.4, 0.5) is 5.13 Å². The van der Waals surface area contributed by atoms with Crippen molar-refractivity contribution in [2.45, 2.75) is 13.0 Å². The Morgan fingerprint density at radius 3 is 2.58 bits per heavy atom. The number of fused-ring (bicyclic) bond motifs is 2. The monoisotopic (exact) mass is 530 g/mol. The molecular formula is C28H22N2O7S. The van der Waals surface area contributed by atoms with Crippen LogP contribution in [0, 0.1) is 0 Å². The van der Waals surface area contributed by atoms with Crippen molar-refractivity contribution in [2.75, 3.05) is 24.7 Å². The van der Waals surface area contributed by atoms with Crippen molar-refractivity contribution in [3.63, 3.8) is 0 Å². The Kier molecular flexibility index (Phi) is 5.88. The number of ether oxygens (including phenoxy) is 3. The standard InChI is InChI=1S/C28H22N2O7S/c1-2-35-18-8-9-19-22(14-18)38-28(29-19)30-24(15-3-6-17(31)7-4-15)23(26(33)27(30)34)25(32)16-5-10-20-21(13-16)37-12-11-36-20/h3-10,13-14,24,31-32H,2,11-12H2,1H3/t24-/m1/s1. The predicted molar refractivity (Wildman–Crippen MR) is 141 cm³/mol. The van der Waals surface area contributed by atoms with E-state index in [4.69, 9.17) is 14.2 Å². The number of Topliss-reactive ketones (excluding diaryl/α,β-unsaturated/α-hetero) is 1. The van der Waals surface area contributed by atoms with Gasteiger partial charge in [0, 0.05) is 5.56 Å². The topological polar surface area (TPSA) is 118 Å². The molecule has 1 aromatic heterocycles. The van der Waals surface area contributed by atoms with Crippen molar-refractivity contribution >= 4 is 44.1 Å². The maximum absolute atomic E-state index is 13.5. The van der Waals surface area contributed by atoms with E-state index in [-0.39, 0.29) is 17.1 Å². The number of aromatic nitrogens is 1.